The normalized spacial score (nSPS) is 14.9. The fourth-order valence-electron chi connectivity index (χ4n) is 5.82. The predicted molar refractivity (Wildman–Crippen MR) is 169 cm³/mol. The minimum Gasteiger partial charge on any atom is -0.479 e. The molecule has 1 saturated carbocycles. The Bertz CT molecular complexity index is 1710. The van der Waals surface area contributed by atoms with Gasteiger partial charge in [0.05, 0.1) is 10.1 Å². The van der Waals surface area contributed by atoms with Crippen LogP contribution in [0.1, 0.15) is 75.5 Å². The molecule has 0 saturated heterocycles. The molecule has 1 aliphatic heterocycles. The molecule has 0 spiro atoms. The van der Waals surface area contributed by atoms with Crippen LogP contribution in [-0.2, 0) is 38.9 Å². The molecule has 1 unspecified atom stereocenters. The molecule has 44 heavy (non-hydrogen) atoms. The smallest absolute Gasteiger partial charge is 0.330 e. The van der Waals surface area contributed by atoms with E-state index in [1.165, 1.54) is 0 Å². The third-order valence-corrected chi connectivity index (χ3v) is 10.6. The van der Waals surface area contributed by atoms with E-state index in [2.05, 4.69) is 21.3 Å². The van der Waals surface area contributed by atoms with E-state index in [1.54, 1.807) is 37.4 Å². The maximum absolute atomic E-state index is 12.8. The van der Waals surface area contributed by atoms with E-state index in [9.17, 15) is 27.9 Å². The Balaban J connectivity index is 1.21. The number of carboxylic acid groups (broad SMARTS) is 1. The second kappa shape index (κ2) is 12.8. The Morgan fingerprint density at radius 3 is 2.39 bits per heavy atom. The largest absolute Gasteiger partial charge is 0.479 e. The SMILES string of the molecule is CNCc1cc(NC(=O)CCCc2c(C)cc(C(Nc3ccc4c(c3)C(=O)NC4)C(=O)O)cc2C)ccc1S(=O)(=O)C1CC1. The fourth-order valence-corrected chi connectivity index (χ4v) is 7.69. The van der Waals surface area contributed by atoms with Crippen molar-refractivity contribution in [2.75, 3.05) is 17.7 Å². The molecule has 3 aromatic rings. The first-order chi connectivity index (χ1) is 21.0. The van der Waals surface area contributed by atoms with Gasteiger partial charge in [0.2, 0.25) is 5.91 Å². The van der Waals surface area contributed by atoms with Crippen molar-refractivity contribution in [3.8, 4) is 0 Å². The Hall–Kier alpha value is -4.22. The van der Waals surface area contributed by atoms with Crippen LogP contribution in [0.3, 0.4) is 0 Å². The van der Waals surface area contributed by atoms with Crippen LogP contribution in [-0.4, -0.2) is 43.6 Å². The second-order valence-electron chi connectivity index (χ2n) is 11.6. The number of amides is 2. The summed E-state index contributed by atoms with van der Waals surface area (Å²) in [4.78, 5) is 37.4. The lowest BCUT2D eigenvalue weighted by Crippen LogP contribution is -2.21. The highest BCUT2D eigenvalue weighted by Gasteiger charge is 2.38. The van der Waals surface area contributed by atoms with E-state index in [-0.39, 0.29) is 23.5 Å². The van der Waals surface area contributed by atoms with Crippen molar-refractivity contribution in [3.63, 3.8) is 0 Å². The molecule has 1 fully saturated rings. The van der Waals surface area contributed by atoms with Crippen molar-refractivity contribution in [2.45, 2.75) is 75.2 Å². The highest BCUT2D eigenvalue weighted by Crippen LogP contribution is 2.36. The molecule has 10 nitrogen and oxygen atoms in total. The first-order valence-corrected chi connectivity index (χ1v) is 16.3. The molecule has 232 valence electrons. The minimum atomic E-state index is -3.35. The van der Waals surface area contributed by atoms with Crippen LogP contribution >= 0.6 is 0 Å². The van der Waals surface area contributed by atoms with E-state index >= 15 is 0 Å². The maximum Gasteiger partial charge on any atom is 0.330 e. The standard InChI is InChI=1S/C33H38N4O6S/c1-19-13-22(31(33(40)41)37-25-8-7-21-18-35-32(39)28(21)16-25)14-20(2)27(19)5-4-6-30(38)36-24-9-12-29(23(15-24)17-34-3)44(42,43)26-10-11-26/h7-9,12-16,26,31,34,37H,4-6,10-11,17-18H2,1-3H3,(H,35,39)(H,36,38)(H,40,41). The van der Waals surface area contributed by atoms with Crippen molar-refractivity contribution < 1.29 is 27.9 Å². The molecule has 5 rings (SSSR count). The van der Waals surface area contributed by atoms with Gasteiger partial charge >= 0.3 is 5.97 Å². The van der Waals surface area contributed by atoms with Crippen LogP contribution in [0.25, 0.3) is 0 Å². The van der Waals surface area contributed by atoms with Gasteiger partial charge in [0.25, 0.3) is 5.91 Å². The first kappa shape index (κ1) is 31.2. The van der Waals surface area contributed by atoms with Gasteiger partial charge in [-0.3, -0.25) is 9.59 Å². The third kappa shape index (κ3) is 6.79. The van der Waals surface area contributed by atoms with Crippen molar-refractivity contribution >= 4 is 39.0 Å². The summed E-state index contributed by atoms with van der Waals surface area (Å²) >= 11 is 0. The van der Waals surface area contributed by atoms with Gasteiger partial charge < -0.3 is 26.4 Å². The molecular formula is C33H38N4O6S. The lowest BCUT2D eigenvalue weighted by Gasteiger charge is -2.20. The Morgan fingerprint density at radius 1 is 1.02 bits per heavy atom. The zero-order valence-corrected chi connectivity index (χ0v) is 25.9. The van der Waals surface area contributed by atoms with Gasteiger partial charge in [-0.25, -0.2) is 13.2 Å². The first-order valence-electron chi connectivity index (χ1n) is 14.8. The van der Waals surface area contributed by atoms with E-state index in [4.69, 9.17) is 0 Å². The predicted octanol–water partition coefficient (Wildman–Crippen LogP) is 4.40. The van der Waals surface area contributed by atoms with E-state index in [1.807, 2.05) is 32.0 Å². The van der Waals surface area contributed by atoms with Gasteiger partial charge in [0, 0.05) is 36.4 Å². The lowest BCUT2D eigenvalue weighted by atomic mass is 9.92. The molecule has 1 aliphatic carbocycles. The number of aliphatic carboxylic acids is 1. The zero-order valence-electron chi connectivity index (χ0n) is 25.1. The Kier molecular flexibility index (Phi) is 9.07. The summed E-state index contributed by atoms with van der Waals surface area (Å²) < 4.78 is 25.6. The van der Waals surface area contributed by atoms with Crippen LogP contribution < -0.4 is 21.3 Å². The van der Waals surface area contributed by atoms with Crippen molar-refractivity contribution in [3.05, 3.63) is 87.5 Å². The lowest BCUT2D eigenvalue weighted by molar-refractivity contribution is -0.138. The number of hydrogen-bond donors (Lipinski definition) is 5. The van der Waals surface area contributed by atoms with Crippen LogP contribution in [0.15, 0.2) is 53.4 Å². The summed E-state index contributed by atoms with van der Waals surface area (Å²) in [6.45, 7) is 4.72. The highest BCUT2D eigenvalue weighted by atomic mass is 32.2. The minimum absolute atomic E-state index is 0.164. The topological polar surface area (TPSA) is 154 Å². The molecular weight excluding hydrogens is 580 g/mol. The number of fused-ring (bicyclic) bond motifs is 1. The zero-order chi connectivity index (χ0) is 31.6. The number of carboxylic acids is 1. The molecule has 0 aromatic heterocycles. The van der Waals surface area contributed by atoms with Gasteiger partial charge in [0.15, 0.2) is 15.9 Å². The summed E-state index contributed by atoms with van der Waals surface area (Å²) in [5.41, 5.74) is 6.71. The van der Waals surface area contributed by atoms with Crippen LogP contribution in [0.4, 0.5) is 11.4 Å². The van der Waals surface area contributed by atoms with E-state index < -0.39 is 21.8 Å². The molecule has 2 aliphatic rings. The molecule has 2 amide bonds. The number of rotatable bonds is 13. The van der Waals surface area contributed by atoms with Gasteiger partial charge in [0.1, 0.15) is 0 Å². The molecule has 5 N–H and O–H groups in total. The highest BCUT2D eigenvalue weighted by molar-refractivity contribution is 7.92. The third-order valence-electron chi connectivity index (χ3n) is 8.22. The monoisotopic (exact) mass is 618 g/mol. The summed E-state index contributed by atoms with van der Waals surface area (Å²) in [5, 5.41) is 21.4. The van der Waals surface area contributed by atoms with Gasteiger partial charge in [-0.1, -0.05) is 18.2 Å². The number of carbonyl (C=O) groups is 3. The number of anilines is 2. The average Bonchev–Trinajstić information content (AvgIpc) is 3.77. The van der Waals surface area contributed by atoms with Crippen molar-refractivity contribution in [2.24, 2.45) is 0 Å². The Labute approximate surface area is 257 Å². The molecule has 0 bridgehead atoms. The maximum atomic E-state index is 12.8. The van der Waals surface area contributed by atoms with Gasteiger partial charge in [-0.15, -0.1) is 0 Å². The summed E-state index contributed by atoms with van der Waals surface area (Å²) in [5.74, 6) is -1.37. The molecule has 1 heterocycles. The number of benzene rings is 3. The second-order valence-corrected chi connectivity index (χ2v) is 13.8. The summed E-state index contributed by atoms with van der Waals surface area (Å²) in [7, 11) is -1.60. The number of nitrogens with one attached hydrogen (secondary N) is 4. The fraction of sp³-hybridized carbons (Fsp3) is 0.364. The number of aryl methyl sites for hydroxylation is 2. The Morgan fingerprint density at radius 2 is 1.73 bits per heavy atom. The summed E-state index contributed by atoms with van der Waals surface area (Å²) in [6.07, 6.45) is 2.88. The van der Waals surface area contributed by atoms with Crippen LogP contribution in [0.5, 0.6) is 0 Å². The van der Waals surface area contributed by atoms with E-state index in [0.717, 1.165) is 22.3 Å². The molecule has 0 radical (unpaired) electrons. The quantitative estimate of drug-likeness (QED) is 0.189. The van der Waals surface area contributed by atoms with E-state index in [0.29, 0.717) is 71.7 Å². The number of hydrogen-bond acceptors (Lipinski definition) is 7. The molecule has 3 aromatic carbocycles. The average molecular weight is 619 g/mol. The van der Waals surface area contributed by atoms with Crippen molar-refractivity contribution in [1.29, 1.82) is 0 Å². The van der Waals surface area contributed by atoms with Gasteiger partial charge in [-0.05, 0) is 110 Å². The van der Waals surface area contributed by atoms with Gasteiger partial charge in [-0.2, -0.15) is 0 Å². The molecule has 1 atom stereocenters. The van der Waals surface area contributed by atoms with Crippen LogP contribution in [0.2, 0.25) is 0 Å². The van der Waals surface area contributed by atoms with Crippen LogP contribution in [0, 0.1) is 13.8 Å². The molecule has 11 heteroatoms. The number of carbonyl (C=O) groups excluding carboxylic acids is 2. The number of sulfone groups is 1. The summed E-state index contributed by atoms with van der Waals surface area (Å²) in [6, 6.07) is 12.9. The van der Waals surface area contributed by atoms with Crippen molar-refractivity contribution in [1.82, 2.24) is 10.6 Å².